The third-order valence-electron chi connectivity index (χ3n) is 5.71. The van der Waals surface area contributed by atoms with Crippen LogP contribution in [-0.2, 0) is 25.7 Å². The zero-order chi connectivity index (χ0) is 26.4. The minimum Gasteiger partial charge on any atom is -0.465 e. The maximum Gasteiger partial charge on any atom is 0.409 e. The summed E-state index contributed by atoms with van der Waals surface area (Å²) < 4.78 is 25.3. The Hall–Kier alpha value is -4.53. The summed E-state index contributed by atoms with van der Waals surface area (Å²) in [6, 6.07) is 20.3. The number of nitrogens with zero attached hydrogens (tertiary/aromatic N) is 2. The van der Waals surface area contributed by atoms with Crippen LogP contribution in [0.2, 0.25) is 0 Å². The molecule has 2 amide bonds. The van der Waals surface area contributed by atoms with E-state index in [4.69, 9.17) is 9.47 Å². The van der Waals surface area contributed by atoms with Gasteiger partial charge in [-0.1, -0.05) is 60.7 Å². The molecule has 1 unspecified atom stereocenters. The summed E-state index contributed by atoms with van der Waals surface area (Å²) in [5, 5.41) is 2.47. The highest BCUT2D eigenvalue weighted by molar-refractivity contribution is 6.21. The number of aryl methyl sites for hydroxylation is 1. The average Bonchev–Trinajstić information content (AvgIpc) is 3.00. The fraction of sp³-hybridized carbons (Fsp3) is 0.214. The van der Waals surface area contributed by atoms with E-state index in [1.807, 2.05) is 18.2 Å². The third kappa shape index (κ3) is 5.83. The molecule has 0 radical (unpaired) electrons. The van der Waals surface area contributed by atoms with Gasteiger partial charge in [-0.25, -0.2) is 14.2 Å². The molecule has 1 aliphatic heterocycles. The number of amides is 2. The molecule has 190 valence electrons. The zero-order valence-electron chi connectivity index (χ0n) is 20.4. The highest BCUT2D eigenvalue weighted by atomic mass is 19.1. The summed E-state index contributed by atoms with van der Waals surface area (Å²) in [5.41, 5.74) is 2.53. The minimum atomic E-state index is -1.49. The summed E-state index contributed by atoms with van der Waals surface area (Å²) >= 11 is 0. The largest absolute Gasteiger partial charge is 0.465 e. The number of nitrogens with one attached hydrogen (secondary N) is 1. The summed E-state index contributed by atoms with van der Waals surface area (Å²) in [5.74, 6) is -1.87. The summed E-state index contributed by atoms with van der Waals surface area (Å²) in [6.45, 7) is 3.12. The van der Waals surface area contributed by atoms with E-state index in [0.717, 1.165) is 5.56 Å². The van der Waals surface area contributed by atoms with Gasteiger partial charge in [-0.15, -0.1) is 0 Å². The van der Waals surface area contributed by atoms with E-state index in [1.54, 1.807) is 56.3 Å². The Labute approximate surface area is 213 Å². The maximum absolute atomic E-state index is 14.9. The Bertz CT molecular complexity index is 1340. The number of anilines is 1. The van der Waals surface area contributed by atoms with Gasteiger partial charge in [0.05, 0.1) is 18.0 Å². The Kier molecular flexibility index (Phi) is 7.92. The third-order valence-corrected chi connectivity index (χ3v) is 5.71. The monoisotopic (exact) mass is 503 g/mol. The van der Waals surface area contributed by atoms with Gasteiger partial charge in [-0.05, 0) is 37.1 Å². The van der Waals surface area contributed by atoms with Crippen LogP contribution in [0.3, 0.4) is 0 Å². The van der Waals surface area contributed by atoms with Crippen LogP contribution in [0.5, 0.6) is 0 Å². The van der Waals surface area contributed by atoms with Gasteiger partial charge in [0.15, 0.2) is 0 Å². The smallest absolute Gasteiger partial charge is 0.409 e. The number of hydrogen-bond acceptors (Lipinski definition) is 6. The second-order valence-electron chi connectivity index (χ2n) is 8.27. The fourth-order valence-corrected chi connectivity index (χ4v) is 4.05. The first-order valence-electron chi connectivity index (χ1n) is 11.8. The van der Waals surface area contributed by atoms with Gasteiger partial charge in [-0.3, -0.25) is 19.8 Å². The molecule has 0 aliphatic carbocycles. The SMILES string of the molecule is CCOC(=O)CN1C(=O)C(NC(=O)OCc2ccccc2)N=C(c2ccccc2F)c2cccc(C)c21. The van der Waals surface area contributed by atoms with Gasteiger partial charge in [-0.2, -0.15) is 0 Å². The van der Waals surface area contributed by atoms with Crippen molar-refractivity contribution in [2.45, 2.75) is 26.6 Å². The summed E-state index contributed by atoms with van der Waals surface area (Å²) in [6.07, 6.45) is -2.38. The molecule has 0 bridgehead atoms. The predicted molar refractivity (Wildman–Crippen MR) is 136 cm³/mol. The van der Waals surface area contributed by atoms with E-state index in [1.165, 1.54) is 17.0 Å². The van der Waals surface area contributed by atoms with Crippen molar-refractivity contribution in [3.05, 3.63) is 101 Å². The van der Waals surface area contributed by atoms with Crippen LogP contribution in [-0.4, -0.2) is 43.0 Å². The molecule has 0 aromatic heterocycles. The Morgan fingerprint density at radius 2 is 1.68 bits per heavy atom. The Morgan fingerprint density at radius 1 is 0.973 bits per heavy atom. The molecular formula is C28H26FN3O5. The second kappa shape index (κ2) is 11.5. The van der Waals surface area contributed by atoms with Crippen molar-refractivity contribution in [1.29, 1.82) is 0 Å². The van der Waals surface area contributed by atoms with Crippen LogP contribution < -0.4 is 10.2 Å². The first-order chi connectivity index (χ1) is 17.9. The van der Waals surface area contributed by atoms with E-state index in [-0.39, 0.29) is 24.5 Å². The average molecular weight is 504 g/mol. The maximum atomic E-state index is 14.9. The van der Waals surface area contributed by atoms with Gasteiger partial charge in [0.2, 0.25) is 6.17 Å². The van der Waals surface area contributed by atoms with Gasteiger partial charge >= 0.3 is 12.1 Å². The van der Waals surface area contributed by atoms with Crippen molar-refractivity contribution in [2.24, 2.45) is 4.99 Å². The van der Waals surface area contributed by atoms with Gasteiger partial charge in [0, 0.05) is 11.1 Å². The number of aliphatic imine (C=N–C) groups is 1. The highest BCUT2D eigenvalue weighted by Gasteiger charge is 2.36. The molecule has 0 saturated heterocycles. The van der Waals surface area contributed by atoms with Gasteiger partial charge < -0.3 is 9.47 Å². The number of fused-ring (bicyclic) bond motifs is 1. The number of alkyl carbamates (subject to hydrolysis) is 1. The minimum absolute atomic E-state index is 0.0245. The molecule has 1 N–H and O–H groups in total. The molecule has 1 aliphatic rings. The van der Waals surface area contributed by atoms with Crippen molar-refractivity contribution in [2.75, 3.05) is 18.1 Å². The Morgan fingerprint density at radius 3 is 2.41 bits per heavy atom. The number of rotatable bonds is 7. The first-order valence-corrected chi connectivity index (χ1v) is 11.8. The molecular weight excluding hydrogens is 477 g/mol. The molecule has 4 rings (SSSR count). The van der Waals surface area contributed by atoms with Crippen molar-refractivity contribution >= 4 is 29.4 Å². The number of esters is 1. The molecule has 0 saturated carbocycles. The molecule has 0 spiro atoms. The van der Waals surface area contributed by atoms with Crippen LogP contribution in [0.1, 0.15) is 29.2 Å². The molecule has 37 heavy (non-hydrogen) atoms. The topological polar surface area (TPSA) is 97.3 Å². The lowest BCUT2D eigenvalue weighted by atomic mass is 9.97. The van der Waals surface area contributed by atoms with Crippen molar-refractivity contribution in [3.8, 4) is 0 Å². The van der Waals surface area contributed by atoms with E-state index >= 15 is 0 Å². The van der Waals surface area contributed by atoms with E-state index in [2.05, 4.69) is 10.3 Å². The number of carbonyl (C=O) groups is 3. The lowest BCUT2D eigenvalue weighted by Crippen LogP contribution is -2.49. The lowest BCUT2D eigenvalue weighted by Gasteiger charge is -2.26. The van der Waals surface area contributed by atoms with Crippen LogP contribution in [0.15, 0.2) is 77.8 Å². The number of ether oxygens (including phenoxy) is 2. The number of hydrogen-bond donors (Lipinski definition) is 1. The second-order valence-corrected chi connectivity index (χ2v) is 8.27. The number of para-hydroxylation sites is 1. The van der Waals surface area contributed by atoms with E-state index < -0.39 is 36.5 Å². The summed E-state index contributed by atoms with van der Waals surface area (Å²) in [7, 11) is 0. The summed E-state index contributed by atoms with van der Waals surface area (Å²) in [4.78, 5) is 44.6. The predicted octanol–water partition coefficient (Wildman–Crippen LogP) is 4.13. The van der Waals surface area contributed by atoms with Gasteiger partial charge in [0.25, 0.3) is 5.91 Å². The molecule has 8 nitrogen and oxygen atoms in total. The lowest BCUT2D eigenvalue weighted by molar-refractivity contribution is -0.142. The van der Waals surface area contributed by atoms with Crippen molar-refractivity contribution < 1.29 is 28.2 Å². The normalized spacial score (nSPS) is 14.8. The van der Waals surface area contributed by atoms with Crippen LogP contribution in [0.25, 0.3) is 0 Å². The molecule has 3 aromatic rings. The molecule has 3 aromatic carbocycles. The fourth-order valence-electron chi connectivity index (χ4n) is 4.05. The number of benzodiazepines with no additional fused rings is 1. The van der Waals surface area contributed by atoms with Crippen molar-refractivity contribution in [3.63, 3.8) is 0 Å². The molecule has 1 heterocycles. The highest BCUT2D eigenvalue weighted by Crippen LogP contribution is 2.32. The molecule has 0 fully saturated rings. The van der Waals surface area contributed by atoms with Crippen LogP contribution >= 0.6 is 0 Å². The number of benzene rings is 3. The standard InChI is InChI=1S/C28H26FN3O5/c1-3-36-23(33)16-32-25-18(2)10-9-14-21(25)24(20-13-7-8-15-22(20)29)30-26(27(32)34)31-28(35)37-17-19-11-5-4-6-12-19/h4-15,26H,3,16-17H2,1-2H3,(H,31,35). The molecule has 9 heteroatoms. The Balaban J connectivity index is 1.75. The van der Waals surface area contributed by atoms with Crippen LogP contribution in [0, 0.1) is 12.7 Å². The quantitative estimate of drug-likeness (QED) is 0.489. The first kappa shape index (κ1) is 25.6. The van der Waals surface area contributed by atoms with Crippen LogP contribution in [0.4, 0.5) is 14.9 Å². The van der Waals surface area contributed by atoms with E-state index in [0.29, 0.717) is 16.8 Å². The number of carbonyl (C=O) groups excluding carboxylic acids is 3. The zero-order valence-corrected chi connectivity index (χ0v) is 20.4. The van der Waals surface area contributed by atoms with Gasteiger partial charge in [0.1, 0.15) is 19.0 Å². The van der Waals surface area contributed by atoms with E-state index in [9.17, 15) is 18.8 Å². The molecule has 1 atom stereocenters. The van der Waals surface area contributed by atoms with Crippen molar-refractivity contribution in [1.82, 2.24) is 5.32 Å². The number of halogens is 1.